The van der Waals surface area contributed by atoms with Crippen molar-refractivity contribution in [2.75, 3.05) is 6.54 Å². The molecule has 0 spiro atoms. The Hall–Kier alpha value is -2.71. The average molecular weight is 450 g/mol. The first-order valence-electron chi connectivity index (χ1n) is 10.5. The van der Waals surface area contributed by atoms with Gasteiger partial charge in [-0.3, -0.25) is 9.78 Å². The first-order chi connectivity index (χ1) is 15.1. The highest BCUT2D eigenvalue weighted by molar-refractivity contribution is 7.20. The summed E-state index contributed by atoms with van der Waals surface area (Å²) < 4.78 is 0. The molecule has 0 aromatic carbocycles. The number of nitrogens with one attached hydrogen (secondary N) is 1. The van der Waals surface area contributed by atoms with Gasteiger partial charge < -0.3 is 5.32 Å². The van der Waals surface area contributed by atoms with E-state index in [-0.39, 0.29) is 5.91 Å². The fourth-order valence-electron chi connectivity index (χ4n) is 3.70. The number of thiophene rings is 1. The second kappa shape index (κ2) is 8.43. The topological polar surface area (TPSA) is 80.7 Å². The van der Waals surface area contributed by atoms with E-state index < -0.39 is 0 Å². The lowest BCUT2D eigenvalue weighted by Gasteiger charge is -2.04. The molecule has 158 valence electrons. The van der Waals surface area contributed by atoms with Crippen LogP contribution in [0.3, 0.4) is 0 Å². The molecule has 31 heavy (non-hydrogen) atoms. The highest BCUT2D eigenvalue weighted by Gasteiger charge is 2.28. The highest BCUT2D eigenvalue weighted by atomic mass is 32.1. The Labute approximate surface area is 188 Å². The van der Waals surface area contributed by atoms with Crippen molar-refractivity contribution < 1.29 is 4.79 Å². The summed E-state index contributed by atoms with van der Waals surface area (Å²) in [6.07, 6.45) is 7.59. The first kappa shape index (κ1) is 20.2. The predicted molar refractivity (Wildman–Crippen MR) is 125 cm³/mol. The van der Waals surface area contributed by atoms with Crippen LogP contribution in [0.4, 0.5) is 0 Å². The highest BCUT2D eigenvalue weighted by Crippen LogP contribution is 2.40. The molecule has 1 saturated carbocycles. The van der Waals surface area contributed by atoms with E-state index in [4.69, 9.17) is 9.97 Å². The van der Waals surface area contributed by atoms with Crippen molar-refractivity contribution in [3.63, 3.8) is 0 Å². The van der Waals surface area contributed by atoms with E-state index in [9.17, 15) is 4.79 Å². The molecular formula is C23H23N5OS2. The van der Waals surface area contributed by atoms with Crippen LogP contribution in [0.5, 0.6) is 0 Å². The zero-order chi connectivity index (χ0) is 21.4. The molecule has 1 N–H and O–H groups in total. The fraction of sp³-hybridized carbons (Fsp3) is 0.348. The predicted octanol–water partition coefficient (Wildman–Crippen LogP) is 5.07. The van der Waals surface area contributed by atoms with E-state index in [1.807, 2.05) is 26.0 Å². The van der Waals surface area contributed by atoms with Gasteiger partial charge in [0.05, 0.1) is 21.3 Å². The minimum absolute atomic E-state index is 0.0236. The molecule has 4 heterocycles. The molecule has 8 heteroatoms. The van der Waals surface area contributed by atoms with Crippen LogP contribution in [0.25, 0.3) is 21.5 Å². The Balaban J connectivity index is 1.20. The number of amides is 1. The maximum Gasteiger partial charge on any atom is 0.261 e. The van der Waals surface area contributed by atoms with Gasteiger partial charge in [0.2, 0.25) is 0 Å². The molecule has 1 amide bonds. The van der Waals surface area contributed by atoms with Crippen LogP contribution in [-0.2, 0) is 6.42 Å². The number of aryl methyl sites for hydroxylation is 3. The Kier molecular flexibility index (Phi) is 5.50. The zero-order valence-corrected chi connectivity index (χ0v) is 19.1. The van der Waals surface area contributed by atoms with Gasteiger partial charge in [0.1, 0.15) is 10.7 Å². The number of carbonyl (C=O) groups is 1. The maximum atomic E-state index is 12.8. The van der Waals surface area contributed by atoms with E-state index in [1.165, 1.54) is 24.2 Å². The van der Waals surface area contributed by atoms with Crippen LogP contribution < -0.4 is 5.32 Å². The minimum Gasteiger partial charge on any atom is -0.351 e. The second-order valence-corrected chi connectivity index (χ2v) is 9.84. The van der Waals surface area contributed by atoms with Gasteiger partial charge in [-0.2, -0.15) is 0 Å². The maximum absolute atomic E-state index is 12.8. The van der Waals surface area contributed by atoms with Crippen molar-refractivity contribution in [1.82, 2.24) is 25.3 Å². The van der Waals surface area contributed by atoms with E-state index >= 15 is 0 Å². The molecule has 0 radical (unpaired) electrons. The zero-order valence-electron chi connectivity index (χ0n) is 17.5. The Bertz CT molecular complexity index is 1240. The standard InChI is InChI=1S/C23H23N5OS2/c1-13-19-14(2)26-21(16-5-6-16)28-23(19)31-20(13)22(29)25-9-3-4-18-27-17(12-30-18)15-7-10-24-11-8-15/h7-8,10-12,16H,3-6,9H2,1-2H3,(H,25,29). The molecule has 0 unspecified atom stereocenters. The smallest absolute Gasteiger partial charge is 0.261 e. The van der Waals surface area contributed by atoms with Gasteiger partial charge in [0.25, 0.3) is 5.91 Å². The van der Waals surface area contributed by atoms with Crippen molar-refractivity contribution in [3.05, 3.63) is 56.9 Å². The lowest BCUT2D eigenvalue weighted by atomic mass is 10.1. The van der Waals surface area contributed by atoms with Crippen LogP contribution in [0.2, 0.25) is 0 Å². The number of aromatic nitrogens is 4. The number of pyridine rings is 1. The third kappa shape index (κ3) is 4.22. The van der Waals surface area contributed by atoms with Gasteiger partial charge in [0.15, 0.2) is 0 Å². The normalized spacial score (nSPS) is 13.6. The van der Waals surface area contributed by atoms with Crippen LogP contribution in [0.1, 0.15) is 56.9 Å². The Morgan fingerprint density at radius 3 is 2.74 bits per heavy atom. The minimum atomic E-state index is -0.0236. The van der Waals surface area contributed by atoms with Crippen molar-refractivity contribution >= 4 is 38.8 Å². The van der Waals surface area contributed by atoms with Gasteiger partial charge in [0, 0.05) is 47.6 Å². The second-order valence-electron chi connectivity index (χ2n) is 7.90. The van der Waals surface area contributed by atoms with Crippen molar-refractivity contribution in [1.29, 1.82) is 0 Å². The van der Waals surface area contributed by atoms with Gasteiger partial charge >= 0.3 is 0 Å². The Morgan fingerprint density at radius 2 is 1.97 bits per heavy atom. The van der Waals surface area contributed by atoms with Crippen LogP contribution in [0.15, 0.2) is 29.9 Å². The number of carbonyl (C=O) groups excluding carboxylic acids is 1. The van der Waals surface area contributed by atoms with Crippen LogP contribution in [-0.4, -0.2) is 32.4 Å². The third-order valence-electron chi connectivity index (χ3n) is 5.52. The molecule has 0 atom stereocenters. The lowest BCUT2D eigenvalue weighted by molar-refractivity contribution is 0.0957. The number of hydrogen-bond acceptors (Lipinski definition) is 7. The van der Waals surface area contributed by atoms with E-state index in [0.717, 1.165) is 61.3 Å². The summed E-state index contributed by atoms with van der Waals surface area (Å²) in [5.74, 6) is 1.42. The number of hydrogen-bond donors (Lipinski definition) is 1. The summed E-state index contributed by atoms with van der Waals surface area (Å²) in [4.78, 5) is 32.7. The molecule has 5 rings (SSSR count). The first-order valence-corrected chi connectivity index (χ1v) is 12.2. The molecule has 4 aromatic rings. The number of fused-ring (bicyclic) bond motifs is 1. The lowest BCUT2D eigenvalue weighted by Crippen LogP contribution is -2.24. The van der Waals surface area contributed by atoms with Gasteiger partial charge in [-0.25, -0.2) is 15.0 Å². The van der Waals surface area contributed by atoms with Crippen molar-refractivity contribution in [2.45, 2.75) is 45.4 Å². The average Bonchev–Trinajstić information content (AvgIpc) is 3.43. The quantitative estimate of drug-likeness (QED) is 0.399. The molecule has 6 nitrogen and oxygen atoms in total. The molecule has 1 aliphatic carbocycles. The van der Waals surface area contributed by atoms with Gasteiger partial charge in [-0.1, -0.05) is 0 Å². The third-order valence-corrected chi connectivity index (χ3v) is 7.61. The van der Waals surface area contributed by atoms with Gasteiger partial charge in [-0.15, -0.1) is 22.7 Å². The Morgan fingerprint density at radius 1 is 1.16 bits per heavy atom. The SMILES string of the molecule is Cc1nc(C2CC2)nc2sc(C(=O)NCCCc3nc(-c4ccncc4)cs3)c(C)c12. The molecule has 4 aromatic heterocycles. The fourth-order valence-corrected chi connectivity index (χ4v) is 5.71. The van der Waals surface area contributed by atoms with Crippen LogP contribution >= 0.6 is 22.7 Å². The number of nitrogens with zero attached hydrogens (tertiary/aromatic N) is 4. The summed E-state index contributed by atoms with van der Waals surface area (Å²) >= 11 is 3.14. The molecule has 1 fully saturated rings. The monoisotopic (exact) mass is 449 g/mol. The van der Waals surface area contributed by atoms with Crippen molar-refractivity contribution in [2.24, 2.45) is 0 Å². The molecule has 0 bridgehead atoms. The van der Waals surface area contributed by atoms with Crippen LogP contribution in [0, 0.1) is 13.8 Å². The summed E-state index contributed by atoms with van der Waals surface area (Å²) in [5.41, 5.74) is 4.02. The number of rotatable bonds is 7. The van der Waals surface area contributed by atoms with Crippen molar-refractivity contribution in [3.8, 4) is 11.3 Å². The molecule has 0 aliphatic heterocycles. The molecule has 0 saturated heterocycles. The summed E-state index contributed by atoms with van der Waals surface area (Å²) in [6.45, 7) is 4.64. The number of thiazole rings is 1. The molecular weight excluding hydrogens is 426 g/mol. The van der Waals surface area contributed by atoms with E-state index in [0.29, 0.717) is 12.5 Å². The largest absolute Gasteiger partial charge is 0.351 e. The summed E-state index contributed by atoms with van der Waals surface area (Å²) in [5, 5.41) is 7.26. The van der Waals surface area contributed by atoms with Gasteiger partial charge in [-0.05, 0) is 50.8 Å². The summed E-state index contributed by atoms with van der Waals surface area (Å²) in [7, 11) is 0. The summed E-state index contributed by atoms with van der Waals surface area (Å²) in [6, 6.07) is 3.93. The molecule has 1 aliphatic rings. The van der Waals surface area contributed by atoms with E-state index in [1.54, 1.807) is 23.7 Å². The van der Waals surface area contributed by atoms with E-state index in [2.05, 4.69) is 20.7 Å².